The monoisotopic (exact) mass is 663 g/mol. The van der Waals surface area contributed by atoms with Crippen molar-refractivity contribution in [1.29, 1.82) is 0 Å². The maximum atomic E-state index is 12.9. The molecular weight excluding hydrogens is 622 g/mol. The number of carboxylic acids is 1. The van der Waals surface area contributed by atoms with Gasteiger partial charge >= 0.3 is 5.97 Å². The van der Waals surface area contributed by atoms with Crippen LogP contribution in [0.15, 0.2) is 102 Å². The second-order valence-electron chi connectivity index (χ2n) is 12.9. The molecule has 0 fully saturated rings. The van der Waals surface area contributed by atoms with Gasteiger partial charge in [0.1, 0.15) is 11.5 Å². The molecule has 252 valence electrons. The molecule has 0 aliphatic carbocycles. The number of carbonyl (C=O) groups is 1. The van der Waals surface area contributed by atoms with Crippen molar-refractivity contribution in [2.75, 3.05) is 20.8 Å². The van der Waals surface area contributed by atoms with Gasteiger partial charge in [-0.1, -0.05) is 99.7 Å². The highest BCUT2D eigenvalue weighted by molar-refractivity contribution is 6.39. The summed E-state index contributed by atoms with van der Waals surface area (Å²) in [5.41, 5.74) is 4.53. The van der Waals surface area contributed by atoms with Crippen LogP contribution in [0.5, 0.6) is 11.5 Å². The number of benzene rings is 7. The molecule has 0 amide bonds. The third-order valence-electron chi connectivity index (χ3n) is 9.93. The number of carboxylic acid groups (broad SMARTS) is 1. The molecule has 0 spiro atoms. The normalized spacial score (nSPS) is 12.0. The third kappa shape index (κ3) is 5.85. The fourth-order valence-corrected chi connectivity index (χ4v) is 7.45. The van der Waals surface area contributed by atoms with Gasteiger partial charge in [0.15, 0.2) is 0 Å². The van der Waals surface area contributed by atoms with E-state index in [0.29, 0.717) is 17.5 Å². The van der Waals surface area contributed by atoms with Gasteiger partial charge in [0, 0.05) is 17.5 Å². The van der Waals surface area contributed by atoms with E-state index >= 15 is 0 Å². The lowest BCUT2D eigenvalue weighted by molar-refractivity contribution is 0.0699. The summed E-state index contributed by atoms with van der Waals surface area (Å²) in [4.78, 5) is 17.5. The van der Waals surface area contributed by atoms with Crippen molar-refractivity contribution in [2.45, 2.75) is 45.4 Å². The van der Waals surface area contributed by atoms with Crippen LogP contribution in [0.25, 0.3) is 65.3 Å². The number of aromatic carboxylic acids is 1. The van der Waals surface area contributed by atoms with E-state index in [1.54, 1.807) is 20.3 Å². The molecule has 0 saturated heterocycles. The molecule has 7 aromatic rings. The Morgan fingerprint density at radius 2 is 1.18 bits per heavy atom. The molecule has 0 aliphatic rings. The van der Waals surface area contributed by atoms with Crippen LogP contribution < -0.4 is 9.47 Å². The number of unbranched alkanes of at least 4 members (excludes halogenated alkanes) is 5. The van der Waals surface area contributed by atoms with Crippen molar-refractivity contribution in [3.63, 3.8) is 0 Å². The van der Waals surface area contributed by atoms with Crippen molar-refractivity contribution in [2.24, 2.45) is 4.99 Å². The smallest absolute Gasteiger partial charge is 0.336 e. The zero-order valence-electron chi connectivity index (χ0n) is 28.8. The van der Waals surface area contributed by atoms with E-state index in [1.165, 1.54) is 19.3 Å². The van der Waals surface area contributed by atoms with Crippen LogP contribution >= 0.6 is 0 Å². The SMILES string of the molecule is CCCCCCCCN=C(O)c1cc(-c2ccc(OC)cc2)c2c3cccc4c(-c5ccc(OC)cc5)ccc(c5ccc(C(=O)O)c1c52)c43. The molecule has 0 aliphatic heterocycles. The number of aliphatic hydroxyl groups excluding tert-OH is 1. The fourth-order valence-electron chi connectivity index (χ4n) is 7.45. The van der Waals surface area contributed by atoms with Crippen LogP contribution in [0.2, 0.25) is 0 Å². The van der Waals surface area contributed by atoms with Crippen LogP contribution in [-0.2, 0) is 0 Å². The minimum absolute atomic E-state index is 0.132. The number of aliphatic imine (C=N–C) groups is 1. The van der Waals surface area contributed by atoms with E-state index in [0.717, 1.165) is 90.7 Å². The van der Waals surface area contributed by atoms with Crippen molar-refractivity contribution in [3.05, 3.63) is 108 Å². The Morgan fingerprint density at radius 3 is 1.84 bits per heavy atom. The first-order valence-electron chi connectivity index (χ1n) is 17.4. The topological polar surface area (TPSA) is 88.4 Å². The minimum atomic E-state index is -1.05. The van der Waals surface area contributed by atoms with Gasteiger partial charge < -0.3 is 19.7 Å². The van der Waals surface area contributed by atoms with Crippen LogP contribution in [0, 0.1) is 0 Å². The second-order valence-corrected chi connectivity index (χ2v) is 12.9. The summed E-state index contributed by atoms with van der Waals surface area (Å²) < 4.78 is 10.9. The average molecular weight is 664 g/mol. The van der Waals surface area contributed by atoms with Crippen LogP contribution in [0.3, 0.4) is 0 Å². The van der Waals surface area contributed by atoms with Gasteiger partial charge in [0.05, 0.1) is 19.8 Å². The molecular formula is C44H41NO5. The molecule has 50 heavy (non-hydrogen) atoms. The molecule has 0 atom stereocenters. The highest BCUT2D eigenvalue weighted by atomic mass is 16.5. The molecule has 0 aromatic heterocycles. The van der Waals surface area contributed by atoms with Crippen LogP contribution in [0.1, 0.15) is 61.4 Å². The van der Waals surface area contributed by atoms with Crippen molar-refractivity contribution in [1.82, 2.24) is 0 Å². The Labute approximate surface area is 292 Å². The summed E-state index contributed by atoms with van der Waals surface area (Å²) in [6.45, 7) is 2.67. The van der Waals surface area contributed by atoms with Gasteiger partial charge in [-0.25, -0.2) is 4.79 Å². The summed E-state index contributed by atoms with van der Waals surface area (Å²) >= 11 is 0. The van der Waals surface area contributed by atoms with Gasteiger partial charge in [0.25, 0.3) is 0 Å². The van der Waals surface area contributed by atoms with Crippen molar-refractivity contribution < 1.29 is 24.5 Å². The third-order valence-corrected chi connectivity index (χ3v) is 9.93. The molecule has 0 bridgehead atoms. The summed E-state index contributed by atoms with van der Waals surface area (Å²) in [7, 11) is 3.31. The summed E-state index contributed by atoms with van der Waals surface area (Å²) in [5.74, 6) is 0.337. The molecule has 0 saturated carbocycles. The zero-order chi connectivity index (χ0) is 34.8. The van der Waals surface area contributed by atoms with Gasteiger partial charge in [-0.05, 0) is 103 Å². The zero-order valence-corrected chi connectivity index (χ0v) is 28.8. The Morgan fingerprint density at radius 1 is 0.580 bits per heavy atom. The highest BCUT2D eigenvalue weighted by Gasteiger charge is 2.25. The number of ether oxygens (including phenoxy) is 2. The number of nitrogens with zero attached hydrogens (tertiary/aromatic N) is 1. The number of aliphatic hydroxyl groups is 1. The molecule has 6 heteroatoms. The van der Waals surface area contributed by atoms with Gasteiger partial charge in [-0.2, -0.15) is 0 Å². The number of methoxy groups -OCH3 is 2. The van der Waals surface area contributed by atoms with E-state index in [-0.39, 0.29) is 11.5 Å². The van der Waals surface area contributed by atoms with E-state index in [9.17, 15) is 15.0 Å². The summed E-state index contributed by atoms with van der Waals surface area (Å²) in [6.07, 6.45) is 6.65. The van der Waals surface area contributed by atoms with E-state index in [1.807, 2.05) is 48.5 Å². The number of rotatable bonds is 13. The molecule has 0 radical (unpaired) electrons. The van der Waals surface area contributed by atoms with E-state index in [2.05, 4.69) is 54.4 Å². The Hall–Kier alpha value is -5.62. The number of fused-ring (bicyclic) bond motifs is 2. The first-order chi connectivity index (χ1) is 24.4. The average Bonchev–Trinajstić information content (AvgIpc) is 3.15. The molecule has 0 heterocycles. The summed E-state index contributed by atoms with van der Waals surface area (Å²) in [6, 6.07) is 32.1. The first-order valence-corrected chi connectivity index (χ1v) is 17.4. The first kappa shape index (κ1) is 32.9. The summed E-state index contributed by atoms with van der Waals surface area (Å²) in [5, 5.41) is 29.6. The maximum absolute atomic E-state index is 12.9. The van der Waals surface area contributed by atoms with Crippen LogP contribution in [0.4, 0.5) is 0 Å². The Balaban J connectivity index is 1.54. The van der Waals surface area contributed by atoms with Crippen molar-refractivity contribution in [3.8, 4) is 33.8 Å². The lowest BCUT2D eigenvalue weighted by Crippen LogP contribution is -2.08. The molecule has 7 rings (SSSR count). The van der Waals surface area contributed by atoms with Crippen LogP contribution in [-0.4, -0.2) is 42.8 Å². The largest absolute Gasteiger partial charge is 0.497 e. The standard InChI is InChI=1S/C44H41NO5/c1-4-5-6-7-8-9-25-45-43(46)38-26-37(28-15-19-30(50-3)20-16-28)40-35-12-10-11-32-31(27-13-17-29(49-2)18-14-27)21-22-33(39(32)35)34-23-24-36(44(47)48)41(38)42(34)40/h10-24,26H,4-9,25H2,1-3H3,(H,45,46)(H,47,48). The lowest BCUT2D eigenvalue weighted by Gasteiger charge is -2.21. The Kier molecular flexibility index (Phi) is 9.27. The molecule has 0 unspecified atom stereocenters. The van der Waals surface area contributed by atoms with Gasteiger partial charge in [-0.15, -0.1) is 0 Å². The van der Waals surface area contributed by atoms with E-state index < -0.39 is 5.97 Å². The minimum Gasteiger partial charge on any atom is -0.497 e. The van der Waals surface area contributed by atoms with Gasteiger partial charge in [-0.3, -0.25) is 4.99 Å². The molecule has 6 nitrogen and oxygen atoms in total. The quantitative estimate of drug-likeness (QED) is 0.0421. The number of hydrogen-bond acceptors (Lipinski definition) is 4. The van der Waals surface area contributed by atoms with E-state index in [4.69, 9.17) is 9.47 Å². The molecule has 2 N–H and O–H groups in total. The Bertz CT molecular complexity index is 2360. The second kappa shape index (κ2) is 14.1. The maximum Gasteiger partial charge on any atom is 0.336 e. The lowest BCUT2D eigenvalue weighted by atomic mass is 9.82. The number of hydrogen-bond donors (Lipinski definition) is 2. The predicted molar refractivity (Wildman–Crippen MR) is 206 cm³/mol. The highest BCUT2D eigenvalue weighted by Crippen LogP contribution is 2.48. The predicted octanol–water partition coefficient (Wildman–Crippen LogP) is 11.5. The molecule has 7 aromatic carbocycles. The van der Waals surface area contributed by atoms with Gasteiger partial charge in [0.2, 0.25) is 5.90 Å². The van der Waals surface area contributed by atoms with Crippen molar-refractivity contribution >= 4 is 55.0 Å². The fraction of sp³-hybridized carbons (Fsp3) is 0.227.